The Morgan fingerprint density at radius 3 is 2.40 bits per heavy atom. The zero-order valence-corrected chi connectivity index (χ0v) is 18.4. The highest BCUT2D eigenvalue weighted by Gasteiger charge is 2.31. The average Bonchev–Trinajstić information content (AvgIpc) is 2.82. The van der Waals surface area contributed by atoms with Crippen molar-refractivity contribution in [3.63, 3.8) is 0 Å². The molecular formula is C21H26N4O4S. The molecule has 1 N–H and O–H groups in total. The number of carbonyl (C=O) groups excluding carboxylic acids is 1. The van der Waals surface area contributed by atoms with Crippen LogP contribution in [-0.4, -0.2) is 70.9 Å². The first-order chi connectivity index (χ1) is 14.2. The van der Waals surface area contributed by atoms with E-state index in [2.05, 4.69) is 10.2 Å². The second kappa shape index (κ2) is 7.57. The van der Waals surface area contributed by atoms with E-state index in [9.17, 15) is 13.2 Å². The lowest BCUT2D eigenvalue weighted by atomic mass is 10.1. The van der Waals surface area contributed by atoms with Gasteiger partial charge in [-0.25, -0.2) is 12.7 Å². The summed E-state index contributed by atoms with van der Waals surface area (Å²) in [6, 6.07) is 8.66. The van der Waals surface area contributed by atoms with Crippen LogP contribution in [0.5, 0.6) is 11.5 Å². The van der Waals surface area contributed by atoms with Gasteiger partial charge in [0.1, 0.15) is 10.6 Å². The third-order valence-corrected chi connectivity index (χ3v) is 7.36. The predicted octanol–water partition coefficient (Wildman–Crippen LogP) is 2.36. The first-order valence-electron chi connectivity index (χ1n) is 9.81. The lowest BCUT2D eigenvalue weighted by Gasteiger charge is -2.35. The Hall–Kier alpha value is -2.62. The fourth-order valence-electron chi connectivity index (χ4n) is 3.65. The minimum absolute atomic E-state index is 0.108. The zero-order valence-electron chi connectivity index (χ0n) is 17.6. The molecular weight excluding hydrogens is 404 g/mol. The van der Waals surface area contributed by atoms with Gasteiger partial charge < -0.3 is 19.9 Å². The van der Waals surface area contributed by atoms with Crippen LogP contribution in [0, 0.1) is 6.92 Å². The van der Waals surface area contributed by atoms with E-state index in [1.54, 1.807) is 12.1 Å². The molecule has 0 bridgehead atoms. The highest BCUT2D eigenvalue weighted by Crippen LogP contribution is 2.41. The molecule has 8 nitrogen and oxygen atoms in total. The van der Waals surface area contributed by atoms with E-state index in [0.29, 0.717) is 36.0 Å². The van der Waals surface area contributed by atoms with Gasteiger partial charge >= 0.3 is 0 Å². The van der Waals surface area contributed by atoms with Crippen LogP contribution in [0.1, 0.15) is 15.9 Å². The molecule has 0 saturated carbocycles. The number of nitrogens with zero attached hydrogens (tertiary/aromatic N) is 3. The first kappa shape index (κ1) is 20.6. The third kappa shape index (κ3) is 3.64. The normalized spacial score (nSPS) is 17.1. The van der Waals surface area contributed by atoms with E-state index < -0.39 is 15.9 Å². The Bertz CT molecular complexity index is 1110. The van der Waals surface area contributed by atoms with Gasteiger partial charge in [0.05, 0.1) is 16.9 Å². The molecule has 0 atom stereocenters. The molecule has 2 aromatic rings. The Labute approximate surface area is 177 Å². The lowest BCUT2D eigenvalue weighted by molar-refractivity contribution is 0.102. The molecule has 0 spiro atoms. The molecule has 0 unspecified atom stereocenters. The van der Waals surface area contributed by atoms with Crippen molar-refractivity contribution in [2.45, 2.75) is 11.8 Å². The lowest BCUT2D eigenvalue weighted by Crippen LogP contribution is -2.45. The van der Waals surface area contributed by atoms with Gasteiger partial charge in [-0.15, -0.1) is 0 Å². The van der Waals surface area contributed by atoms with E-state index in [-0.39, 0.29) is 10.5 Å². The maximum atomic E-state index is 13.1. The minimum atomic E-state index is -3.77. The van der Waals surface area contributed by atoms with E-state index in [4.69, 9.17) is 4.74 Å². The average molecular weight is 431 g/mol. The molecule has 1 fully saturated rings. The number of rotatable bonds is 3. The van der Waals surface area contributed by atoms with Gasteiger partial charge in [-0.05, 0) is 37.7 Å². The van der Waals surface area contributed by atoms with E-state index in [0.717, 1.165) is 18.7 Å². The van der Waals surface area contributed by atoms with Gasteiger partial charge in [0.25, 0.3) is 5.91 Å². The Morgan fingerprint density at radius 1 is 1.03 bits per heavy atom. The molecule has 0 radical (unpaired) electrons. The largest absolute Gasteiger partial charge is 0.454 e. The maximum absolute atomic E-state index is 13.1. The van der Waals surface area contributed by atoms with Crippen molar-refractivity contribution < 1.29 is 17.9 Å². The van der Waals surface area contributed by atoms with E-state index in [1.165, 1.54) is 24.5 Å². The number of carbonyl (C=O) groups is 1. The number of benzene rings is 2. The van der Waals surface area contributed by atoms with Gasteiger partial charge in [0, 0.05) is 46.3 Å². The first-order valence-corrected chi connectivity index (χ1v) is 11.2. The topological polar surface area (TPSA) is 82.2 Å². The van der Waals surface area contributed by atoms with Gasteiger partial charge in [-0.3, -0.25) is 4.79 Å². The van der Waals surface area contributed by atoms with Crippen molar-refractivity contribution in [3.05, 3.63) is 41.5 Å². The van der Waals surface area contributed by atoms with Crippen molar-refractivity contribution in [3.8, 4) is 11.5 Å². The number of hydrogen-bond acceptors (Lipinski definition) is 6. The molecule has 2 heterocycles. The Balaban J connectivity index is 1.88. The Morgan fingerprint density at radius 2 is 1.73 bits per heavy atom. The monoisotopic (exact) mass is 430 g/mol. The van der Waals surface area contributed by atoms with Crippen LogP contribution in [0.3, 0.4) is 0 Å². The number of fused-ring (bicyclic) bond motifs is 2. The number of amides is 1. The van der Waals surface area contributed by atoms with Crippen molar-refractivity contribution in [1.29, 1.82) is 0 Å². The van der Waals surface area contributed by atoms with Crippen LogP contribution in [0.15, 0.2) is 35.2 Å². The molecule has 9 heteroatoms. The summed E-state index contributed by atoms with van der Waals surface area (Å²) >= 11 is 0. The molecule has 160 valence electrons. The number of likely N-dealkylation sites (N-methyl/N-ethyl adjacent to an activating group) is 1. The second-order valence-electron chi connectivity index (χ2n) is 7.95. The van der Waals surface area contributed by atoms with Gasteiger partial charge in [0.15, 0.2) is 5.75 Å². The van der Waals surface area contributed by atoms with Crippen LogP contribution in [0.4, 0.5) is 11.4 Å². The molecule has 4 rings (SSSR count). The summed E-state index contributed by atoms with van der Waals surface area (Å²) in [6.07, 6.45) is 0. The number of aryl methyl sites for hydroxylation is 1. The maximum Gasteiger partial charge on any atom is 0.259 e. The fourth-order valence-corrected chi connectivity index (χ4v) is 4.76. The zero-order chi connectivity index (χ0) is 21.6. The summed E-state index contributed by atoms with van der Waals surface area (Å²) in [4.78, 5) is 17.3. The van der Waals surface area contributed by atoms with Crippen molar-refractivity contribution in [2.75, 3.05) is 57.5 Å². The van der Waals surface area contributed by atoms with Crippen LogP contribution in [-0.2, 0) is 10.0 Å². The molecule has 2 aliphatic heterocycles. The molecule has 1 amide bonds. The summed E-state index contributed by atoms with van der Waals surface area (Å²) in [5.74, 6) is 0.483. The third-order valence-electron chi connectivity index (χ3n) is 5.51. The molecule has 2 aliphatic rings. The van der Waals surface area contributed by atoms with Crippen LogP contribution in [0.25, 0.3) is 0 Å². The number of ether oxygens (including phenoxy) is 1. The van der Waals surface area contributed by atoms with Gasteiger partial charge in [-0.2, -0.15) is 0 Å². The highest BCUT2D eigenvalue weighted by molar-refractivity contribution is 7.89. The van der Waals surface area contributed by atoms with Crippen LogP contribution < -0.4 is 15.0 Å². The molecule has 0 aliphatic carbocycles. The van der Waals surface area contributed by atoms with E-state index in [1.807, 2.05) is 31.0 Å². The Kier molecular flexibility index (Phi) is 5.21. The fraction of sp³-hybridized carbons (Fsp3) is 0.381. The van der Waals surface area contributed by atoms with Crippen molar-refractivity contribution >= 4 is 27.3 Å². The summed E-state index contributed by atoms with van der Waals surface area (Å²) in [6.45, 7) is 4.95. The van der Waals surface area contributed by atoms with Crippen LogP contribution >= 0.6 is 0 Å². The minimum Gasteiger partial charge on any atom is -0.454 e. The summed E-state index contributed by atoms with van der Waals surface area (Å²) < 4.78 is 33.5. The summed E-state index contributed by atoms with van der Waals surface area (Å²) in [5, 5.41) is 2.84. The predicted molar refractivity (Wildman–Crippen MR) is 116 cm³/mol. The number of hydrogen-bond donors (Lipinski definition) is 1. The number of sulfonamides is 1. The smallest absolute Gasteiger partial charge is 0.259 e. The molecule has 2 aromatic carbocycles. The van der Waals surface area contributed by atoms with Gasteiger partial charge in [0.2, 0.25) is 10.0 Å². The molecule has 30 heavy (non-hydrogen) atoms. The van der Waals surface area contributed by atoms with Gasteiger partial charge in [-0.1, -0.05) is 6.07 Å². The standard InChI is InChI=1S/C21H26N4O4S/c1-14-5-6-18-16(11-14)22-21(26)15-12-20(30(27,28)23(2)3)17(13-19(15)29-18)25-9-7-24(4)8-10-25/h5-6,11-13H,7-10H2,1-4H3,(H,22,26). The number of nitrogens with one attached hydrogen (secondary N) is 1. The quantitative estimate of drug-likeness (QED) is 0.805. The van der Waals surface area contributed by atoms with Crippen LogP contribution in [0.2, 0.25) is 0 Å². The SMILES string of the molecule is Cc1ccc2c(c1)NC(=O)c1cc(S(=O)(=O)N(C)C)c(N3CCN(C)CC3)cc1O2. The molecule has 0 aromatic heterocycles. The molecule has 1 saturated heterocycles. The second-order valence-corrected chi connectivity index (χ2v) is 10.1. The summed E-state index contributed by atoms with van der Waals surface area (Å²) in [5.41, 5.74) is 2.30. The number of anilines is 2. The van der Waals surface area contributed by atoms with Crippen molar-refractivity contribution in [1.82, 2.24) is 9.21 Å². The highest BCUT2D eigenvalue weighted by atomic mass is 32.2. The summed E-state index contributed by atoms with van der Waals surface area (Å²) in [7, 11) is 1.25. The van der Waals surface area contributed by atoms with Crippen molar-refractivity contribution in [2.24, 2.45) is 0 Å². The van der Waals surface area contributed by atoms with E-state index >= 15 is 0 Å². The number of piperazine rings is 1.